The number of rotatable bonds is 5. The van der Waals surface area contributed by atoms with Gasteiger partial charge in [-0.2, -0.15) is 0 Å². The van der Waals surface area contributed by atoms with Crippen LogP contribution >= 0.6 is 0 Å². The number of benzene rings is 2. The summed E-state index contributed by atoms with van der Waals surface area (Å²) >= 11 is 0. The molecule has 1 aliphatic heterocycles. The molecule has 1 amide bonds. The van der Waals surface area contributed by atoms with E-state index in [9.17, 15) is 4.79 Å². The van der Waals surface area contributed by atoms with Crippen molar-refractivity contribution in [2.45, 2.75) is 56.4 Å². The monoisotopic (exact) mass is 362 g/mol. The molecule has 2 fully saturated rings. The van der Waals surface area contributed by atoms with Crippen LogP contribution < -0.4 is 11.1 Å². The lowest BCUT2D eigenvalue weighted by atomic mass is 9.55. The van der Waals surface area contributed by atoms with Gasteiger partial charge in [0.25, 0.3) is 0 Å². The molecule has 2 bridgehead atoms. The van der Waals surface area contributed by atoms with Crippen LogP contribution in [0.3, 0.4) is 0 Å². The van der Waals surface area contributed by atoms with E-state index in [-0.39, 0.29) is 11.3 Å². The van der Waals surface area contributed by atoms with Crippen molar-refractivity contribution in [1.29, 1.82) is 0 Å². The number of hydrogen-bond acceptors (Lipinski definition) is 2. The van der Waals surface area contributed by atoms with Gasteiger partial charge in [0.15, 0.2) is 0 Å². The van der Waals surface area contributed by atoms with Crippen molar-refractivity contribution < 1.29 is 4.79 Å². The number of nitrogens with one attached hydrogen (secondary N) is 1. The van der Waals surface area contributed by atoms with Gasteiger partial charge in [0.05, 0.1) is 0 Å². The minimum Gasteiger partial charge on any atom is -0.366 e. The summed E-state index contributed by atoms with van der Waals surface area (Å²) in [6.45, 7) is 3.41. The van der Waals surface area contributed by atoms with Gasteiger partial charge in [0.2, 0.25) is 5.91 Å². The highest BCUT2D eigenvalue weighted by molar-refractivity contribution is 5.93. The van der Waals surface area contributed by atoms with Crippen LogP contribution in [0.25, 0.3) is 0 Å². The quantitative estimate of drug-likeness (QED) is 0.829. The van der Waals surface area contributed by atoms with E-state index in [1.54, 1.807) is 0 Å². The van der Waals surface area contributed by atoms with E-state index in [2.05, 4.69) is 54.7 Å². The molecule has 3 N–H and O–H groups in total. The fourth-order valence-corrected chi connectivity index (χ4v) is 5.62. The molecule has 2 aromatic carbocycles. The van der Waals surface area contributed by atoms with Crippen LogP contribution in [0.2, 0.25) is 0 Å². The van der Waals surface area contributed by atoms with E-state index in [0.29, 0.717) is 23.4 Å². The molecule has 1 saturated carbocycles. The Morgan fingerprint density at radius 1 is 1.19 bits per heavy atom. The number of carbonyl (C=O) groups excluding carboxylic acids is 1. The zero-order valence-electron chi connectivity index (χ0n) is 16.2. The number of carbonyl (C=O) groups is 1. The van der Waals surface area contributed by atoms with E-state index in [1.807, 2.05) is 12.1 Å². The lowest BCUT2D eigenvalue weighted by Gasteiger charge is -2.54. The van der Waals surface area contributed by atoms with Gasteiger partial charge in [-0.3, -0.25) is 4.79 Å². The molecular weight excluding hydrogens is 332 g/mol. The molecule has 27 heavy (non-hydrogen) atoms. The average Bonchev–Trinajstić information content (AvgIpc) is 2.69. The molecule has 2 aliphatic rings. The molecule has 1 aliphatic carbocycles. The Bertz CT molecular complexity index is 791. The number of primary amides is 1. The van der Waals surface area contributed by atoms with E-state index in [0.717, 1.165) is 13.0 Å². The summed E-state index contributed by atoms with van der Waals surface area (Å²) in [5, 5.41) is 3.80. The molecule has 2 aromatic rings. The number of piperidine rings is 1. The van der Waals surface area contributed by atoms with Crippen molar-refractivity contribution in [2.75, 3.05) is 6.54 Å². The molecule has 0 radical (unpaired) electrons. The first-order valence-electron chi connectivity index (χ1n) is 10.3. The summed E-state index contributed by atoms with van der Waals surface area (Å²) in [6, 6.07) is 19.6. The Morgan fingerprint density at radius 3 is 2.78 bits per heavy atom. The minimum atomic E-state index is -0.330. The van der Waals surface area contributed by atoms with Crippen molar-refractivity contribution in [3.05, 3.63) is 71.3 Å². The first-order valence-corrected chi connectivity index (χ1v) is 10.3. The van der Waals surface area contributed by atoms with Gasteiger partial charge in [-0.05, 0) is 67.3 Å². The molecule has 0 spiro atoms. The number of hydrogen-bond donors (Lipinski definition) is 2. The van der Waals surface area contributed by atoms with Gasteiger partial charge in [-0.1, -0.05) is 55.8 Å². The lowest BCUT2D eigenvalue weighted by Crippen LogP contribution is -2.57. The lowest BCUT2D eigenvalue weighted by molar-refractivity contribution is 0.0764. The molecule has 4 unspecified atom stereocenters. The van der Waals surface area contributed by atoms with Crippen molar-refractivity contribution in [3.63, 3.8) is 0 Å². The van der Waals surface area contributed by atoms with Gasteiger partial charge in [-0.15, -0.1) is 0 Å². The molecule has 142 valence electrons. The van der Waals surface area contributed by atoms with Crippen LogP contribution in [-0.4, -0.2) is 18.5 Å². The van der Waals surface area contributed by atoms with Crippen molar-refractivity contribution >= 4 is 5.91 Å². The Labute approximate surface area is 162 Å². The molecule has 3 nitrogen and oxygen atoms in total. The van der Waals surface area contributed by atoms with Crippen LogP contribution in [0.1, 0.15) is 66.4 Å². The summed E-state index contributed by atoms with van der Waals surface area (Å²) in [4.78, 5) is 11.8. The van der Waals surface area contributed by atoms with E-state index in [1.165, 1.54) is 36.8 Å². The molecule has 1 heterocycles. The van der Waals surface area contributed by atoms with Crippen LogP contribution in [0.5, 0.6) is 0 Å². The second kappa shape index (κ2) is 7.47. The Kier molecular flexibility index (Phi) is 5.05. The second-order valence-electron chi connectivity index (χ2n) is 8.46. The van der Waals surface area contributed by atoms with E-state index < -0.39 is 0 Å². The molecule has 4 rings (SSSR count). The predicted molar refractivity (Wildman–Crippen MR) is 110 cm³/mol. The first-order chi connectivity index (χ1) is 13.1. The number of nitrogens with two attached hydrogens (primary N) is 1. The van der Waals surface area contributed by atoms with Crippen molar-refractivity contribution in [2.24, 2.45) is 11.7 Å². The second-order valence-corrected chi connectivity index (χ2v) is 8.46. The normalized spacial score (nSPS) is 28.5. The average molecular weight is 363 g/mol. The van der Waals surface area contributed by atoms with Crippen molar-refractivity contribution in [1.82, 2.24) is 5.32 Å². The van der Waals surface area contributed by atoms with E-state index in [4.69, 9.17) is 5.73 Å². The number of fused-ring (bicyclic) bond motifs is 2. The predicted octanol–water partition coefficient (Wildman–Crippen LogP) is 4.38. The van der Waals surface area contributed by atoms with Crippen LogP contribution in [0.4, 0.5) is 0 Å². The van der Waals surface area contributed by atoms with Crippen LogP contribution in [-0.2, 0) is 5.41 Å². The van der Waals surface area contributed by atoms with E-state index >= 15 is 0 Å². The van der Waals surface area contributed by atoms with Gasteiger partial charge < -0.3 is 11.1 Å². The smallest absolute Gasteiger partial charge is 0.248 e. The fourth-order valence-electron chi connectivity index (χ4n) is 5.62. The SMILES string of the molecule is CC(CC1C2CCCC1(c1cccc(C(N)=O)c1)CCN2)c1ccccc1. The Hall–Kier alpha value is -2.13. The summed E-state index contributed by atoms with van der Waals surface area (Å²) in [5.41, 5.74) is 9.10. The van der Waals surface area contributed by atoms with Crippen molar-refractivity contribution in [3.8, 4) is 0 Å². The van der Waals surface area contributed by atoms with Crippen LogP contribution in [0, 0.1) is 5.92 Å². The zero-order chi connectivity index (χ0) is 18.9. The highest BCUT2D eigenvalue weighted by Gasteiger charge is 2.49. The van der Waals surface area contributed by atoms with Crippen LogP contribution in [0.15, 0.2) is 54.6 Å². The highest BCUT2D eigenvalue weighted by atomic mass is 16.1. The molecular formula is C24H30N2O. The Balaban J connectivity index is 1.69. The molecule has 0 aromatic heterocycles. The topological polar surface area (TPSA) is 55.1 Å². The maximum Gasteiger partial charge on any atom is 0.248 e. The molecule has 3 heteroatoms. The number of amides is 1. The van der Waals surface area contributed by atoms with Gasteiger partial charge in [0.1, 0.15) is 0 Å². The summed E-state index contributed by atoms with van der Waals surface area (Å²) in [6.07, 6.45) is 6.01. The largest absolute Gasteiger partial charge is 0.366 e. The zero-order valence-corrected chi connectivity index (χ0v) is 16.2. The van der Waals surface area contributed by atoms with Gasteiger partial charge in [-0.25, -0.2) is 0 Å². The summed E-state index contributed by atoms with van der Waals surface area (Å²) in [5.74, 6) is 0.775. The Morgan fingerprint density at radius 2 is 2.00 bits per heavy atom. The highest BCUT2D eigenvalue weighted by Crippen LogP contribution is 2.51. The maximum absolute atomic E-state index is 11.8. The fraction of sp³-hybridized carbons (Fsp3) is 0.458. The standard InChI is InChI=1S/C24H30N2O/c1-17(18-7-3-2-4-8-18)15-21-22-11-6-12-24(21,13-14-26-22)20-10-5-9-19(16-20)23(25)27/h2-5,7-10,16-17,21-22,26H,6,11-15H2,1H3,(H2,25,27). The molecule has 4 atom stereocenters. The minimum absolute atomic E-state index is 0.155. The third-order valence-electron chi connectivity index (χ3n) is 7.01. The summed E-state index contributed by atoms with van der Waals surface area (Å²) in [7, 11) is 0. The molecule has 1 saturated heterocycles. The third kappa shape index (κ3) is 3.41. The summed E-state index contributed by atoms with van der Waals surface area (Å²) < 4.78 is 0. The van der Waals surface area contributed by atoms with Gasteiger partial charge in [0, 0.05) is 17.0 Å². The van der Waals surface area contributed by atoms with Gasteiger partial charge >= 0.3 is 0 Å². The third-order valence-corrected chi connectivity index (χ3v) is 7.01. The first kappa shape index (κ1) is 18.2. The maximum atomic E-state index is 11.8.